The Labute approximate surface area is 233 Å². The summed E-state index contributed by atoms with van der Waals surface area (Å²) in [6.45, 7) is 6.53. The van der Waals surface area contributed by atoms with Gasteiger partial charge in [0, 0.05) is 6.54 Å². The lowest BCUT2D eigenvalue weighted by Gasteiger charge is -2.34. The predicted octanol–water partition coefficient (Wildman–Crippen LogP) is 4.61. The van der Waals surface area contributed by atoms with Gasteiger partial charge in [0.05, 0.1) is 18.0 Å². The summed E-state index contributed by atoms with van der Waals surface area (Å²) in [5, 5.41) is 16.9. The van der Waals surface area contributed by atoms with Crippen molar-refractivity contribution >= 4 is 28.8 Å². The van der Waals surface area contributed by atoms with Crippen LogP contribution in [-0.2, 0) is 16.1 Å². The average molecular weight is 546 g/mol. The number of anilines is 1. The van der Waals surface area contributed by atoms with Gasteiger partial charge in [-0.05, 0) is 48.8 Å². The molecule has 1 aliphatic rings. The smallest absolute Gasteiger partial charge is 0.441 e. The molecule has 1 fully saturated rings. The van der Waals surface area contributed by atoms with Crippen molar-refractivity contribution in [3.8, 4) is 6.07 Å². The van der Waals surface area contributed by atoms with E-state index in [-0.39, 0.29) is 24.4 Å². The molecule has 2 N–H and O–H groups in total. The minimum Gasteiger partial charge on any atom is -0.445 e. The van der Waals surface area contributed by atoms with Gasteiger partial charge in [0.2, 0.25) is 5.91 Å². The number of likely N-dealkylation sites (tertiary alicyclic amines) is 1. The van der Waals surface area contributed by atoms with Crippen LogP contribution in [0.3, 0.4) is 0 Å². The van der Waals surface area contributed by atoms with Crippen molar-refractivity contribution in [2.45, 2.75) is 64.6 Å². The lowest BCUT2D eigenvalue weighted by molar-refractivity contribution is -0.124. The zero-order valence-corrected chi connectivity index (χ0v) is 23.1. The van der Waals surface area contributed by atoms with E-state index in [9.17, 15) is 19.6 Å². The first kappa shape index (κ1) is 28.6. The topological polar surface area (TPSA) is 138 Å². The van der Waals surface area contributed by atoms with Crippen LogP contribution < -0.4 is 16.4 Å². The van der Waals surface area contributed by atoms with E-state index in [1.54, 1.807) is 24.3 Å². The van der Waals surface area contributed by atoms with Gasteiger partial charge in [-0.1, -0.05) is 63.2 Å². The summed E-state index contributed by atoms with van der Waals surface area (Å²) in [7, 11) is 0. The second-order valence-corrected chi connectivity index (χ2v) is 11.4. The zero-order valence-electron chi connectivity index (χ0n) is 23.1. The van der Waals surface area contributed by atoms with E-state index >= 15 is 0 Å². The zero-order chi connectivity index (χ0) is 28.8. The number of nitriles is 1. The fourth-order valence-corrected chi connectivity index (χ4v) is 4.84. The second-order valence-electron chi connectivity index (χ2n) is 11.4. The van der Waals surface area contributed by atoms with Crippen LogP contribution in [0, 0.1) is 16.7 Å². The number of hydrogen-bond donors (Lipinski definition) is 2. The minimum atomic E-state index is -1.30. The van der Waals surface area contributed by atoms with E-state index in [0.29, 0.717) is 43.2 Å². The molecule has 0 spiro atoms. The number of nitrogens with one attached hydrogen (secondary N) is 2. The van der Waals surface area contributed by atoms with Crippen LogP contribution in [0.15, 0.2) is 63.8 Å². The van der Waals surface area contributed by atoms with Crippen LogP contribution in [0.2, 0.25) is 0 Å². The van der Waals surface area contributed by atoms with Crippen molar-refractivity contribution in [1.82, 2.24) is 15.2 Å². The van der Waals surface area contributed by atoms with Gasteiger partial charge in [0.25, 0.3) is 0 Å². The SMILES string of the molecule is CC(C)(C)CC(Nc1nc(=O)oc2ccccc12)C(=O)NC1(C#N)CCCCN(C(=O)OCc2ccccc2)C1. The summed E-state index contributed by atoms with van der Waals surface area (Å²) in [5.74, 6) is -0.970. The van der Waals surface area contributed by atoms with E-state index in [1.807, 2.05) is 51.1 Å². The maximum atomic E-state index is 13.8. The Hall–Kier alpha value is -4.39. The number of carbonyl (C=O) groups is 2. The molecule has 10 nitrogen and oxygen atoms in total. The summed E-state index contributed by atoms with van der Waals surface area (Å²) in [5.41, 5.74) is -0.372. The number of fused-ring (bicyclic) bond motifs is 1. The summed E-state index contributed by atoms with van der Waals surface area (Å²) in [6, 6.07) is 17.8. The van der Waals surface area contributed by atoms with E-state index in [2.05, 4.69) is 21.7 Å². The fraction of sp³-hybridized carbons (Fsp3) is 0.433. The summed E-state index contributed by atoms with van der Waals surface area (Å²) >= 11 is 0. The van der Waals surface area contributed by atoms with Crippen molar-refractivity contribution in [2.24, 2.45) is 5.41 Å². The molecule has 40 heavy (non-hydrogen) atoms. The molecule has 1 aromatic heterocycles. The molecule has 0 saturated carbocycles. The Kier molecular flexibility index (Phi) is 8.73. The van der Waals surface area contributed by atoms with Gasteiger partial charge < -0.3 is 24.7 Å². The highest BCUT2D eigenvalue weighted by atomic mass is 16.6. The highest BCUT2D eigenvalue weighted by Crippen LogP contribution is 2.27. The molecule has 2 atom stereocenters. The van der Waals surface area contributed by atoms with Gasteiger partial charge >= 0.3 is 11.8 Å². The number of amides is 2. The lowest BCUT2D eigenvalue weighted by Crippen LogP contribution is -2.58. The van der Waals surface area contributed by atoms with E-state index in [0.717, 1.165) is 5.56 Å². The highest BCUT2D eigenvalue weighted by molar-refractivity contribution is 5.91. The Balaban J connectivity index is 1.54. The number of ether oxygens (including phenoxy) is 1. The molecule has 1 aliphatic heterocycles. The Morgan fingerprint density at radius 2 is 1.88 bits per heavy atom. The highest BCUT2D eigenvalue weighted by Gasteiger charge is 2.40. The largest absolute Gasteiger partial charge is 0.445 e. The van der Waals surface area contributed by atoms with Crippen LogP contribution in [0.5, 0.6) is 0 Å². The molecule has 4 rings (SSSR count). The van der Waals surface area contributed by atoms with Gasteiger partial charge in [-0.15, -0.1) is 0 Å². The van der Waals surface area contributed by atoms with Crippen LogP contribution in [0.25, 0.3) is 11.0 Å². The van der Waals surface area contributed by atoms with Gasteiger partial charge in [-0.3, -0.25) is 4.79 Å². The molecule has 210 valence electrons. The maximum Gasteiger partial charge on any atom is 0.441 e. The standard InChI is InChI=1S/C30H35N5O5/c1-29(2,3)17-23(32-25-22-13-7-8-14-24(22)40-27(37)33-25)26(36)34-30(19-31)15-9-10-16-35(20-30)28(38)39-18-21-11-5-4-6-12-21/h4-8,11-14,23H,9-10,15-18,20H2,1-3H3,(H,34,36)(H,32,33,37). The monoisotopic (exact) mass is 545 g/mol. The molecule has 2 aromatic carbocycles. The molecule has 2 amide bonds. The van der Waals surface area contributed by atoms with E-state index in [4.69, 9.17) is 9.15 Å². The molecule has 2 heterocycles. The normalized spacial score (nSPS) is 18.3. The number of benzene rings is 2. The second kappa shape index (κ2) is 12.2. The van der Waals surface area contributed by atoms with E-state index < -0.39 is 29.3 Å². The Morgan fingerprint density at radius 1 is 1.15 bits per heavy atom. The number of nitrogens with zero attached hydrogens (tertiary/aromatic N) is 3. The van der Waals surface area contributed by atoms with Crippen LogP contribution in [0.4, 0.5) is 10.6 Å². The number of hydrogen-bond acceptors (Lipinski definition) is 8. The third-order valence-electron chi connectivity index (χ3n) is 6.77. The number of carbonyl (C=O) groups excluding carboxylic acids is 2. The minimum absolute atomic E-state index is 0.00120. The van der Waals surface area contributed by atoms with Crippen molar-refractivity contribution in [3.05, 3.63) is 70.7 Å². The van der Waals surface area contributed by atoms with Crippen molar-refractivity contribution in [3.63, 3.8) is 0 Å². The van der Waals surface area contributed by atoms with Gasteiger partial charge in [0.15, 0.2) is 0 Å². The summed E-state index contributed by atoms with van der Waals surface area (Å²) in [6.07, 6.45) is 1.57. The Bertz CT molecular complexity index is 1440. The number of rotatable bonds is 7. The van der Waals surface area contributed by atoms with Crippen molar-refractivity contribution in [2.75, 3.05) is 18.4 Å². The molecule has 0 bridgehead atoms. The summed E-state index contributed by atoms with van der Waals surface area (Å²) in [4.78, 5) is 44.3. The molecule has 0 aliphatic carbocycles. The summed E-state index contributed by atoms with van der Waals surface area (Å²) < 4.78 is 10.7. The molecular weight excluding hydrogens is 510 g/mol. The number of para-hydroxylation sites is 1. The molecule has 0 radical (unpaired) electrons. The third-order valence-corrected chi connectivity index (χ3v) is 6.77. The molecular formula is C30H35N5O5. The first-order valence-corrected chi connectivity index (χ1v) is 13.4. The molecule has 2 unspecified atom stereocenters. The molecule has 10 heteroatoms. The van der Waals surface area contributed by atoms with E-state index in [1.165, 1.54) is 4.90 Å². The first-order chi connectivity index (χ1) is 19.1. The Morgan fingerprint density at radius 3 is 2.60 bits per heavy atom. The average Bonchev–Trinajstić information content (AvgIpc) is 3.14. The quantitative estimate of drug-likeness (QED) is 0.439. The fourth-order valence-electron chi connectivity index (χ4n) is 4.84. The van der Waals surface area contributed by atoms with Crippen molar-refractivity contribution in [1.29, 1.82) is 5.26 Å². The predicted molar refractivity (Wildman–Crippen MR) is 150 cm³/mol. The maximum absolute atomic E-state index is 13.8. The van der Waals surface area contributed by atoms with Crippen molar-refractivity contribution < 1.29 is 18.7 Å². The van der Waals surface area contributed by atoms with Gasteiger partial charge in [0.1, 0.15) is 29.6 Å². The first-order valence-electron chi connectivity index (χ1n) is 13.4. The third kappa shape index (κ3) is 7.38. The van der Waals surface area contributed by atoms with Crippen LogP contribution in [0.1, 0.15) is 52.0 Å². The van der Waals surface area contributed by atoms with Gasteiger partial charge in [-0.2, -0.15) is 10.2 Å². The van der Waals surface area contributed by atoms with Crippen LogP contribution >= 0.6 is 0 Å². The number of aromatic nitrogens is 1. The molecule has 3 aromatic rings. The lowest BCUT2D eigenvalue weighted by atomic mass is 9.86. The van der Waals surface area contributed by atoms with Gasteiger partial charge in [-0.25, -0.2) is 9.59 Å². The molecule has 1 saturated heterocycles. The van der Waals surface area contributed by atoms with Crippen LogP contribution in [-0.4, -0.2) is 46.6 Å².